The van der Waals surface area contributed by atoms with Gasteiger partial charge in [0.2, 0.25) is 0 Å². The van der Waals surface area contributed by atoms with Gasteiger partial charge < -0.3 is 9.47 Å². The van der Waals surface area contributed by atoms with Crippen LogP contribution >= 0.6 is 0 Å². The van der Waals surface area contributed by atoms with E-state index in [-0.39, 0.29) is 11.2 Å². The van der Waals surface area contributed by atoms with Crippen molar-refractivity contribution in [1.82, 2.24) is 0 Å². The molecular formula is C12H16O2. The first-order valence-electron chi connectivity index (χ1n) is 6.00. The maximum Gasteiger partial charge on any atom is 0.0955 e. The molecule has 2 aliphatic heterocycles. The molecule has 8 atom stereocenters. The van der Waals surface area contributed by atoms with Crippen LogP contribution in [0.25, 0.3) is 0 Å². The van der Waals surface area contributed by atoms with Gasteiger partial charge in [-0.2, -0.15) is 0 Å². The van der Waals surface area contributed by atoms with Gasteiger partial charge in [0, 0.05) is 0 Å². The van der Waals surface area contributed by atoms with Gasteiger partial charge in [0.15, 0.2) is 0 Å². The first-order valence-corrected chi connectivity index (χ1v) is 6.00. The molecule has 14 heavy (non-hydrogen) atoms. The van der Waals surface area contributed by atoms with Crippen molar-refractivity contribution in [2.75, 3.05) is 0 Å². The van der Waals surface area contributed by atoms with E-state index in [1.165, 1.54) is 12.8 Å². The molecule has 2 nitrogen and oxygen atoms in total. The summed E-state index contributed by atoms with van der Waals surface area (Å²) >= 11 is 0. The number of fused-ring (bicyclic) bond motifs is 10. The summed E-state index contributed by atoms with van der Waals surface area (Å²) in [7, 11) is 0. The van der Waals surface area contributed by atoms with Crippen LogP contribution in [0.4, 0.5) is 0 Å². The Balaban J connectivity index is 1.66. The first-order chi connectivity index (χ1) is 6.64. The third-order valence-electron chi connectivity index (χ3n) is 6.11. The number of rotatable bonds is 0. The Morgan fingerprint density at radius 2 is 1.86 bits per heavy atom. The summed E-state index contributed by atoms with van der Waals surface area (Å²) < 4.78 is 11.8. The summed E-state index contributed by atoms with van der Waals surface area (Å²) in [4.78, 5) is 0. The van der Waals surface area contributed by atoms with Crippen LogP contribution in [-0.4, -0.2) is 23.4 Å². The van der Waals surface area contributed by atoms with Crippen molar-refractivity contribution in [2.45, 2.75) is 50.1 Å². The van der Waals surface area contributed by atoms with Gasteiger partial charge in [-0.05, 0) is 50.4 Å². The minimum Gasteiger partial charge on any atom is -0.366 e. The van der Waals surface area contributed by atoms with Gasteiger partial charge in [0.05, 0.1) is 23.4 Å². The lowest BCUT2D eigenvalue weighted by molar-refractivity contribution is 0.0923. The molecule has 0 aromatic rings. The van der Waals surface area contributed by atoms with Crippen molar-refractivity contribution in [3.8, 4) is 0 Å². The van der Waals surface area contributed by atoms with Crippen molar-refractivity contribution in [3.05, 3.63) is 0 Å². The van der Waals surface area contributed by atoms with Crippen LogP contribution in [0.15, 0.2) is 0 Å². The van der Waals surface area contributed by atoms with E-state index in [2.05, 4.69) is 13.8 Å². The monoisotopic (exact) mass is 192 g/mol. The van der Waals surface area contributed by atoms with E-state index in [1.54, 1.807) is 0 Å². The lowest BCUT2D eigenvalue weighted by Crippen LogP contribution is -2.37. The molecule has 5 aliphatic rings. The molecule has 3 saturated carbocycles. The second kappa shape index (κ2) is 1.60. The van der Waals surface area contributed by atoms with E-state index in [0.29, 0.717) is 12.2 Å². The molecule has 0 aromatic heterocycles. The van der Waals surface area contributed by atoms with Gasteiger partial charge in [-0.1, -0.05) is 0 Å². The molecule has 76 valence electrons. The highest BCUT2D eigenvalue weighted by atomic mass is 16.6. The minimum atomic E-state index is 0.268. The largest absolute Gasteiger partial charge is 0.366 e. The van der Waals surface area contributed by atoms with Crippen LogP contribution in [0.1, 0.15) is 26.7 Å². The van der Waals surface area contributed by atoms with E-state index >= 15 is 0 Å². The maximum absolute atomic E-state index is 5.92. The predicted molar refractivity (Wildman–Crippen MR) is 49.8 cm³/mol. The molecule has 2 saturated heterocycles. The third-order valence-corrected chi connectivity index (χ3v) is 6.11. The van der Waals surface area contributed by atoms with E-state index in [0.717, 1.165) is 23.7 Å². The lowest BCUT2D eigenvalue weighted by Gasteiger charge is -2.30. The maximum atomic E-state index is 5.92. The normalized spacial score (nSPS) is 81.0. The molecule has 0 spiro atoms. The fourth-order valence-electron chi connectivity index (χ4n) is 5.41. The second-order valence-electron chi connectivity index (χ2n) is 6.44. The number of ether oxygens (including phenoxy) is 2. The van der Waals surface area contributed by atoms with E-state index in [4.69, 9.17) is 9.47 Å². The fraction of sp³-hybridized carbons (Fsp3) is 1.00. The van der Waals surface area contributed by atoms with E-state index in [1.807, 2.05) is 0 Å². The molecule has 2 bridgehead atoms. The zero-order valence-corrected chi connectivity index (χ0v) is 8.69. The Morgan fingerprint density at radius 3 is 2.71 bits per heavy atom. The predicted octanol–water partition coefficient (Wildman–Crippen LogP) is 1.59. The number of hydrogen-bond acceptors (Lipinski definition) is 2. The molecule has 0 amide bonds. The molecule has 2 heterocycles. The Bertz CT molecular complexity index is 354. The van der Waals surface area contributed by atoms with E-state index < -0.39 is 0 Å². The SMILES string of the molecule is CC12OC1C1CC2C2C1CC1OC12C. The summed E-state index contributed by atoms with van der Waals surface area (Å²) in [5.74, 6) is 3.49. The van der Waals surface area contributed by atoms with Crippen LogP contribution < -0.4 is 0 Å². The fourth-order valence-corrected chi connectivity index (χ4v) is 5.41. The first kappa shape index (κ1) is 7.24. The summed E-state index contributed by atoms with van der Waals surface area (Å²) in [6, 6.07) is 0. The molecule has 5 rings (SSSR count). The van der Waals surface area contributed by atoms with Crippen LogP contribution in [-0.2, 0) is 9.47 Å². The lowest BCUT2D eigenvalue weighted by atomic mass is 9.73. The minimum absolute atomic E-state index is 0.268. The van der Waals surface area contributed by atoms with Gasteiger partial charge in [-0.15, -0.1) is 0 Å². The van der Waals surface area contributed by atoms with Gasteiger partial charge in [0.25, 0.3) is 0 Å². The molecule has 3 aliphatic carbocycles. The Hall–Kier alpha value is -0.0800. The van der Waals surface area contributed by atoms with Crippen molar-refractivity contribution in [2.24, 2.45) is 23.7 Å². The average Bonchev–Trinajstić information content (AvgIpc) is 2.85. The quantitative estimate of drug-likeness (QED) is 0.544. The Labute approximate surface area is 84.0 Å². The Morgan fingerprint density at radius 1 is 1.00 bits per heavy atom. The topological polar surface area (TPSA) is 25.1 Å². The standard InChI is InChI=1S/C12H16O2/c1-11-7-3-6(10(11)14-11)5-4-8-12(2,13-8)9(5)7/h5-10H,3-4H2,1-2H3. The third kappa shape index (κ3) is 0.489. The van der Waals surface area contributed by atoms with Gasteiger partial charge in [-0.25, -0.2) is 0 Å². The summed E-state index contributed by atoms with van der Waals surface area (Å²) in [6.45, 7) is 4.67. The summed E-state index contributed by atoms with van der Waals surface area (Å²) in [5.41, 5.74) is 0.541. The van der Waals surface area contributed by atoms with Crippen LogP contribution in [0, 0.1) is 23.7 Å². The molecule has 0 aromatic carbocycles. The van der Waals surface area contributed by atoms with E-state index in [9.17, 15) is 0 Å². The van der Waals surface area contributed by atoms with Crippen molar-refractivity contribution in [3.63, 3.8) is 0 Å². The highest BCUT2D eigenvalue weighted by Crippen LogP contribution is 2.76. The summed E-state index contributed by atoms with van der Waals surface area (Å²) in [5, 5.41) is 0. The second-order valence-corrected chi connectivity index (χ2v) is 6.44. The molecule has 2 heteroatoms. The number of hydrogen-bond donors (Lipinski definition) is 0. The highest BCUT2D eigenvalue weighted by Gasteiger charge is 2.82. The molecular weight excluding hydrogens is 176 g/mol. The van der Waals surface area contributed by atoms with Crippen LogP contribution in [0.3, 0.4) is 0 Å². The molecule has 0 radical (unpaired) electrons. The molecule has 0 N–H and O–H groups in total. The van der Waals surface area contributed by atoms with Crippen molar-refractivity contribution < 1.29 is 9.47 Å². The Kier molecular flexibility index (Phi) is 0.825. The highest BCUT2D eigenvalue weighted by molar-refractivity contribution is 5.30. The van der Waals surface area contributed by atoms with Gasteiger partial charge in [0.1, 0.15) is 0 Å². The van der Waals surface area contributed by atoms with Crippen molar-refractivity contribution in [1.29, 1.82) is 0 Å². The zero-order valence-electron chi connectivity index (χ0n) is 8.69. The number of epoxide rings is 2. The van der Waals surface area contributed by atoms with Crippen molar-refractivity contribution >= 4 is 0 Å². The average molecular weight is 192 g/mol. The van der Waals surface area contributed by atoms with Gasteiger partial charge in [-0.3, -0.25) is 0 Å². The summed E-state index contributed by atoms with van der Waals surface area (Å²) in [6.07, 6.45) is 4.01. The smallest absolute Gasteiger partial charge is 0.0955 e. The van der Waals surface area contributed by atoms with Crippen LogP contribution in [0.2, 0.25) is 0 Å². The van der Waals surface area contributed by atoms with Crippen LogP contribution in [0.5, 0.6) is 0 Å². The molecule has 5 fully saturated rings. The van der Waals surface area contributed by atoms with Gasteiger partial charge >= 0.3 is 0 Å². The molecule has 8 unspecified atom stereocenters. The zero-order chi connectivity index (χ0) is 9.29.